The monoisotopic (exact) mass is 316 g/mol. The first-order chi connectivity index (χ1) is 9.75. The van der Waals surface area contributed by atoms with E-state index in [9.17, 15) is 9.59 Å². The van der Waals surface area contributed by atoms with E-state index < -0.39 is 5.60 Å². The summed E-state index contributed by atoms with van der Waals surface area (Å²) in [5.41, 5.74) is -0.288. The molecule has 0 N–H and O–H groups in total. The highest BCUT2D eigenvalue weighted by Gasteiger charge is 2.43. The van der Waals surface area contributed by atoms with Crippen molar-refractivity contribution in [3.05, 3.63) is 0 Å². The van der Waals surface area contributed by atoms with Gasteiger partial charge in [-0.2, -0.15) is 0 Å². The van der Waals surface area contributed by atoms with Crippen LogP contribution in [0.15, 0.2) is 0 Å². The van der Waals surface area contributed by atoms with E-state index in [1.165, 1.54) is 0 Å². The Labute approximate surface area is 131 Å². The maximum atomic E-state index is 12.1. The average molecular weight is 317 g/mol. The van der Waals surface area contributed by atoms with Gasteiger partial charge >= 0.3 is 6.09 Å². The standard InChI is InChI=1S/C15H25ClN2O3/c1-14(2,3)21-13(20)17-7-4-15(5-8-17)6-9-18(11-15)12(19)10-16/h4-11H2,1-3H3. The average Bonchev–Trinajstić information content (AvgIpc) is 2.81. The summed E-state index contributed by atoms with van der Waals surface area (Å²) in [5, 5.41) is 0. The highest BCUT2D eigenvalue weighted by molar-refractivity contribution is 6.27. The first kappa shape index (κ1) is 16.4. The van der Waals surface area contributed by atoms with Crippen LogP contribution in [-0.2, 0) is 9.53 Å². The Balaban J connectivity index is 1.86. The molecule has 2 fully saturated rings. The van der Waals surface area contributed by atoms with E-state index in [2.05, 4.69) is 0 Å². The maximum Gasteiger partial charge on any atom is 0.410 e. The molecule has 5 nitrogen and oxygen atoms in total. The van der Waals surface area contributed by atoms with Gasteiger partial charge in [-0.1, -0.05) is 0 Å². The molecule has 2 amide bonds. The van der Waals surface area contributed by atoms with Crippen LogP contribution in [0, 0.1) is 5.41 Å². The minimum Gasteiger partial charge on any atom is -0.444 e. The van der Waals surface area contributed by atoms with E-state index in [0.29, 0.717) is 13.1 Å². The van der Waals surface area contributed by atoms with Gasteiger partial charge in [0.15, 0.2) is 0 Å². The molecule has 0 radical (unpaired) electrons. The van der Waals surface area contributed by atoms with Crippen molar-refractivity contribution >= 4 is 23.6 Å². The van der Waals surface area contributed by atoms with Gasteiger partial charge in [0.1, 0.15) is 11.5 Å². The van der Waals surface area contributed by atoms with E-state index in [0.717, 1.165) is 32.4 Å². The zero-order valence-corrected chi connectivity index (χ0v) is 13.9. The summed E-state index contributed by atoms with van der Waals surface area (Å²) in [4.78, 5) is 27.4. The molecule has 1 spiro atoms. The molecular formula is C15H25ClN2O3. The second kappa shape index (κ2) is 6.03. The minimum absolute atomic E-state index is 0.0168. The van der Waals surface area contributed by atoms with Crippen LogP contribution >= 0.6 is 11.6 Å². The lowest BCUT2D eigenvalue weighted by atomic mass is 9.78. The number of carbonyl (C=O) groups is 2. The number of likely N-dealkylation sites (tertiary alicyclic amines) is 2. The van der Waals surface area contributed by atoms with Crippen LogP contribution in [0.25, 0.3) is 0 Å². The molecule has 0 aromatic heterocycles. The second-order valence-electron chi connectivity index (χ2n) is 7.17. The van der Waals surface area contributed by atoms with Crippen LogP contribution in [0.5, 0.6) is 0 Å². The number of nitrogens with zero attached hydrogens (tertiary/aromatic N) is 2. The van der Waals surface area contributed by atoms with Gasteiger partial charge in [-0.3, -0.25) is 4.79 Å². The molecule has 0 aromatic carbocycles. The first-order valence-corrected chi connectivity index (χ1v) is 8.10. The first-order valence-electron chi connectivity index (χ1n) is 7.56. The van der Waals surface area contributed by atoms with Crippen molar-refractivity contribution in [1.82, 2.24) is 9.80 Å². The fourth-order valence-electron chi connectivity index (χ4n) is 3.13. The molecule has 21 heavy (non-hydrogen) atoms. The van der Waals surface area contributed by atoms with Crippen molar-refractivity contribution in [2.45, 2.75) is 45.6 Å². The summed E-state index contributed by atoms with van der Waals surface area (Å²) in [6.45, 7) is 8.61. The van der Waals surface area contributed by atoms with E-state index in [1.54, 1.807) is 4.90 Å². The largest absolute Gasteiger partial charge is 0.444 e. The van der Waals surface area contributed by atoms with Crippen LogP contribution < -0.4 is 0 Å². The molecular weight excluding hydrogens is 292 g/mol. The molecule has 2 aliphatic rings. The van der Waals surface area contributed by atoms with Gasteiger partial charge in [0.05, 0.1) is 0 Å². The number of rotatable bonds is 1. The lowest BCUT2D eigenvalue weighted by Gasteiger charge is -2.39. The van der Waals surface area contributed by atoms with Gasteiger partial charge in [-0.25, -0.2) is 4.79 Å². The smallest absolute Gasteiger partial charge is 0.410 e. The topological polar surface area (TPSA) is 49.9 Å². The molecule has 0 aromatic rings. The fraction of sp³-hybridized carbons (Fsp3) is 0.867. The SMILES string of the molecule is CC(C)(C)OC(=O)N1CCC2(CCN(C(=O)CCl)C2)CC1. The number of carbonyl (C=O) groups excluding carboxylic acids is 2. The van der Waals surface area contributed by atoms with Gasteiger partial charge in [0, 0.05) is 26.2 Å². The van der Waals surface area contributed by atoms with Crippen LogP contribution in [0.3, 0.4) is 0 Å². The summed E-state index contributed by atoms with van der Waals surface area (Å²) in [6, 6.07) is 0. The third kappa shape index (κ3) is 4.02. The van der Waals surface area contributed by atoms with E-state index in [-0.39, 0.29) is 23.3 Å². The molecule has 0 unspecified atom stereocenters. The molecule has 2 heterocycles. The lowest BCUT2D eigenvalue weighted by molar-refractivity contribution is -0.128. The quantitative estimate of drug-likeness (QED) is 0.698. The molecule has 0 atom stereocenters. The lowest BCUT2D eigenvalue weighted by Crippen LogP contribution is -2.46. The number of ether oxygens (including phenoxy) is 1. The van der Waals surface area contributed by atoms with Crippen molar-refractivity contribution in [1.29, 1.82) is 0 Å². The Morgan fingerprint density at radius 1 is 1.10 bits per heavy atom. The molecule has 120 valence electrons. The van der Waals surface area contributed by atoms with Gasteiger partial charge in [-0.05, 0) is 45.4 Å². The Morgan fingerprint density at radius 2 is 1.62 bits per heavy atom. The number of hydrogen-bond donors (Lipinski definition) is 0. The van der Waals surface area contributed by atoms with Crippen molar-refractivity contribution in [3.63, 3.8) is 0 Å². The Morgan fingerprint density at radius 3 is 2.10 bits per heavy atom. The summed E-state index contributed by atoms with van der Waals surface area (Å²) in [6.07, 6.45) is 2.64. The highest BCUT2D eigenvalue weighted by atomic mass is 35.5. The minimum atomic E-state index is -0.455. The number of alkyl halides is 1. The summed E-state index contributed by atoms with van der Waals surface area (Å²) < 4.78 is 5.41. The van der Waals surface area contributed by atoms with Crippen LogP contribution in [-0.4, -0.2) is 59.5 Å². The summed E-state index contributed by atoms with van der Waals surface area (Å²) in [5.74, 6) is 0.0724. The van der Waals surface area contributed by atoms with Crippen molar-refractivity contribution in [2.75, 3.05) is 32.1 Å². The van der Waals surface area contributed by atoms with Gasteiger partial charge < -0.3 is 14.5 Å². The molecule has 0 bridgehead atoms. The predicted octanol–water partition coefficient (Wildman–Crippen LogP) is 2.47. The van der Waals surface area contributed by atoms with Gasteiger partial charge in [0.25, 0.3) is 0 Å². The zero-order valence-electron chi connectivity index (χ0n) is 13.2. The van der Waals surface area contributed by atoms with Crippen LogP contribution in [0.1, 0.15) is 40.0 Å². The number of hydrogen-bond acceptors (Lipinski definition) is 3. The normalized spacial score (nSPS) is 21.7. The highest BCUT2D eigenvalue weighted by Crippen LogP contribution is 2.40. The van der Waals surface area contributed by atoms with Crippen molar-refractivity contribution < 1.29 is 14.3 Å². The summed E-state index contributed by atoms with van der Waals surface area (Å²) in [7, 11) is 0. The molecule has 0 aliphatic carbocycles. The molecule has 0 saturated carbocycles. The van der Waals surface area contributed by atoms with Crippen molar-refractivity contribution in [3.8, 4) is 0 Å². The predicted molar refractivity (Wildman–Crippen MR) is 81.4 cm³/mol. The van der Waals surface area contributed by atoms with Crippen LogP contribution in [0.4, 0.5) is 4.79 Å². The van der Waals surface area contributed by atoms with Crippen LogP contribution in [0.2, 0.25) is 0 Å². The summed E-state index contributed by atoms with van der Waals surface area (Å²) >= 11 is 5.62. The number of halogens is 1. The van der Waals surface area contributed by atoms with E-state index >= 15 is 0 Å². The number of piperidine rings is 1. The van der Waals surface area contributed by atoms with Gasteiger partial charge in [-0.15, -0.1) is 11.6 Å². The number of amides is 2. The zero-order chi connectivity index (χ0) is 15.7. The third-order valence-electron chi connectivity index (χ3n) is 4.38. The molecule has 2 aliphatic heterocycles. The van der Waals surface area contributed by atoms with Crippen molar-refractivity contribution in [2.24, 2.45) is 5.41 Å². The fourth-order valence-corrected chi connectivity index (χ4v) is 3.30. The second-order valence-corrected chi connectivity index (χ2v) is 7.43. The van der Waals surface area contributed by atoms with Gasteiger partial charge in [0.2, 0.25) is 5.91 Å². The van der Waals surface area contributed by atoms with E-state index in [4.69, 9.17) is 16.3 Å². The molecule has 6 heteroatoms. The molecule has 2 rings (SSSR count). The molecule has 2 saturated heterocycles. The third-order valence-corrected chi connectivity index (χ3v) is 4.61. The Bertz CT molecular complexity index is 412. The Hall–Kier alpha value is -0.970. The van der Waals surface area contributed by atoms with E-state index in [1.807, 2.05) is 25.7 Å². The Kier molecular flexibility index (Phi) is 4.71. The maximum absolute atomic E-state index is 12.1.